The van der Waals surface area contributed by atoms with Crippen LogP contribution in [-0.4, -0.2) is 41.8 Å². The Hall–Kier alpha value is -1.39. The van der Waals surface area contributed by atoms with Crippen LogP contribution < -0.4 is 0 Å². The third-order valence-electron chi connectivity index (χ3n) is 3.98. The Labute approximate surface area is 120 Å². The highest BCUT2D eigenvalue weighted by atomic mass is 16.5. The summed E-state index contributed by atoms with van der Waals surface area (Å²) >= 11 is 0. The van der Waals surface area contributed by atoms with Gasteiger partial charge in [0, 0.05) is 12.6 Å². The van der Waals surface area contributed by atoms with Gasteiger partial charge in [-0.25, -0.2) is 0 Å². The second-order valence-electron chi connectivity index (χ2n) is 5.45. The summed E-state index contributed by atoms with van der Waals surface area (Å²) in [6.45, 7) is 6.75. The molecule has 2 atom stereocenters. The summed E-state index contributed by atoms with van der Waals surface area (Å²) in [6, 6.07) is 8.25. The van der Waals surface area contributed by atoms with Crippen molar-refractivity contribution in [2.45, 2.75) is 32.9 Å². The number of carboxylic acids is 1. The molecule has 1 heterocycles. The van der Waals surface area contributed by atoms with Crippen molar-refractivity contribution in [1.29, 1.82) is 0 Å². The number of hydrogen-bond acceptors (Lipinski definition) is 3. The first-order chi connectivity index (χ1) is 9.63. The first kappa shape index (κ1) is 15.0. The zero-order chi connectivity index (χ0) is 14.5. The molecule has 0 spiro atoms. The van der Waals surface area contributed by atoms with Gasteiger partial charge in [0.1, 0.15) is 0 Å². The van der Waals surface area contributed by atoms with E-state index < -0.39 is 11.9 Å². The van der Waals surface area contributed by atoms with Crippen LogP contribution in [0.5, 0.6) is 0 Å². The Morgan fingerprint density at radius 1 is 1.40 bits per heavy atom. The maximum absolute atomic E-state index is 11.3. The number of carboxylic acid groups (broad SMARTS) is 1. The van der Waals surface area contributed by atoms with Gasteiger partial charge in [-0.15, -0.1) is 0 Å². The molecule has 4 nitrogen and oxygen atoms in total. The summed E-state index contributed by atoms with van der Waals surface area (Å²) in [6.07, 6.45) is 1.01. The van der Waals surface area contributed by atoms with Crippen molar-refractivity contribution >= 4 is 5.97 Å². The first-order valence-electron chi connectivity index (χ1n) is 7.22. The SMILES string of the molecule is CCCN(Cc1ccccc1C)C1COCC1C(=O)O. The minimum Gasteiger partial charge on any atom is -0.481 e. The Morgan fingerprint density at radius 3 is 2.80 bits per heavy atom. The largest absolute Gasteiger partial charge is 0.481 e. The Bertz CT molecular complexity index is 461. The molecule has 2 rings (SSSR count). The molecule has 1 fully saturated rings. The topological polar surface area (TPSA) is 49.8 Å². The van der Waals surface area contributed by atoms with Crippen LogP contribution in [0.25, 0.3) is 0 Å². The van der Waals surface area contributed by atoms with Crippen molar-refractivity contribution in [2.75, 3.05) is 19.8 Å². The van der Waals surface area contributed by atoms with E-state index in [1.54, 1.807) is 0 Å². The highest BCUT2D eigenvalue weighted by molar-refractivity contribution is 5.71. The minimum absolute atomic E-state index is 0.0212. The molecular weight excluding hydrogens is 254 g/mol. The molecular formula is C16H23NO3. The van der Waals surface area contributed by atoms with Crippen LogP contribution in [0.3, 0.4) is 0 Å². The maximum Gasteiger partial charge on any atom is 0.310 e. The fraction of sp³-hybridized carbons (Fsp3) is 0.562. The normalized spacial score (nSPS) is 22.4. The number of aryl methyl sites for hydroxylation is 1. The lowest BCUT2D eigenvalue weighted by Crippen LogP contribution is -2.43. The number of aliphatic carboxylic acids is 1. The van der Waals surface area contributed by atoms with Crippen molar-refractivity contribution < 1.29 is 14.6 Å². The molecule has 1 saturated heterocycles. The van der Waals surface area contributed by atoms with Gasteiger partial charge in [-0.2, -0.15) is 0 Å². The lowest BCUT2D eigenvalue weighted by molar-refractivity contribution is -0.143. The number of hydrogen-bond donors (Lipinski definition) is 1. The molecule has 4 heteroatoms. The third kappa shape index (κ3) is 3.38. The molecule has 0 bridgehead atoms. The van der Waals surface area contributed by atoms with Crippen LogP contribution in [0.4, 0.5) is 0 Å². The fourth-order valence-corrected chi connectivity index (χ4v) is 2.79. The van der Waals surface area contributed by atoms with E-state index in [4.69, 9.17) is 4.74 Å². The summed E-state index contributed by atoms with van der Waals surface area (Å²) in [5.41, 5.74) is 2.51. The first-order valence-corrected chi connectivity index (χ1v) is 7.22. The van der Waals surface area contributed by atoms with Gasteiger partial charge in [-0.3, -0.25) is 9.69 Å². The Kier molecular flexibility index (Phi) is 5.15. The summed E-state index contributed by atoms with van der Waals surface area (Å²) in [5, 5.41) is 9.31. The number of benzene rings is 1. The van der Waals surface area contributed by atoms with E-state index in [2.05, 4.69) is 30.9 Å². The van der Waals surface area contributed by atoms with Crippen molar-refractivity contribution in [1.82, 2.24) is 4.90 Å². The highest BCUT2D eigenvalue weighted by Crippen LogP contribution is 2.23. The lowest BCUT2D eigenvalue weighted by atomic mass is 10.0. The Morgan fingerprint density at radius 2 is 2.15 bits per heavy atom. The molecule has 20 heavy (non-hydrogen) atoms. The predicted molar refractivity (Wildman–Crippen MR) is 77.6 cm³/mol. The molecule has 1 aliphatic heterocycles. The van der Waals surface area contributed by atoms with Crippen LogP contribution in [-0.2, 0) is 16.1 Å². The third-order valence-corrected chi connectivity index (χ3v) is 3.98. The predicted octanol–water partition coefficient (Wildman–Crippen LogP) is 2.31. The molecule has 0 aliphatic carbocycles. The van der Waals surface area contributed by atoms with Gasteiger partial charge in [0.05, 0.1) is 19.1 Å². The summed E-state index contributed by atoms with van der Waals surface area (Å²) in [4.78, 5) is 13.6. The van der Waals surface area contributed by atoms with E-state index in [0.29, 0.717) is 13.2 Å². The van der Waals surface area contributed by atoms with Crippen LogP contribution in [0.1, 0.15) is 24.5 Å². The van der Waals surface area contributed by atoms with Crippen molar-refractivity contribution in [3.05, 3.63) is 35.4 Å². The van der Waals surface area contributed by atoms with Gasteiger partial charge >= 0.3 is 5.97 Å². The van der Waals surface area contributed by atoms with Crippen LogP contribution in [0.15, 0.2) is 24.3 Å². The van der Waals surface area contributed by atoms with Gasteiger partial charge in [-0.1, -0.05) is 31.2 Å². The Balaban J connectivity index is 2.14. The van der Waals surface area contributed by atoms with Crippen molar-refractivity contribution in [3.63, 3.8) is 0 Å². The van der Waals surface area contributed by atoms with Crippen LogP contribution in [0.2, 0.25) is 0 Å². The van der Waals surface area contributed by atoms with Crippen LogP contribution in [0, 0.1) is 12.8 Å². The van der Waals surface area contributed by atoms with Gasteiger partial charge in [-0.05, 0) is 31.0 Å². The molecule has 1 aliphatic rings. The molecule has 1 aromatic rings. The number of ether oxygens (including phenoxy) is 1. The van der Waals surface area contributed by atoms with Gasteiger partial charge in [0.25, 0.3) is 0 Å². The van der Waals surface area contributed by atoms with Gasteiger partial charge in [0.2, 0.25) is 0 Å². The smallest absolute Gasteiger partial charge is 0.310 e. The minimum atomic E-state index is -0.751. The summed E-state index contributed by atoms with van der Waals surface area (Å²) < 4.78 is 5.40. The van der Waals surface area contributed by atoms with E-state index in [1.165, 1.54) is 11.1 Å². The summed E-state index contributed by atoms with van der Waals surface area (Å²) in [5.74, 6) is -1.16. The lowest BCUT2D eigenvalue weighted by Gasteiger charge is -2.30. The molecule has 1 aromatic carbocycles. The average molecular weight is 277 g/mol. The standard InChI is InChI=1S/C16H23NO3/c1-3-8-17(9-13-7-5-4-6-12(13)2)15-11-20-10-14(15)16(18)19/h4-7,14-15H,3,8-11H2,1-2H3,(H,18,19). The molecule has 0 saturated carbocycles. The van der Waals surface area contributed by atoms with Crippen molar-refractivity contribution in [3.8, 4) is 0 Å². The number of carbonyl (C=O) groups is 1. The van der Waals surface area contributed by atoms with E-state index in [9.17, 15) is 9.90 Å². The highest BCUT2D eigenvalue weighted by Gasteiger charge is 2.37. The molecule has 1 N–H and O–H groups in total. The second-order valence-corrected chi connectivity index (χ2v) is 5.45. The zero-order valence-electron chi connectivity index (χ0n) is 12.2. The summed E-state index contributed by atoms with van der Waals surface area (Å²) in [7, 11) is 0. The quantitative estimate of drug-likeness (QED) is 0.867. The molecule has 0 amide bonds. The monoisotopic (exact) mass is 277 g/mol. The van der Waals surface area contributed by atoms with E-state index in [-0.39, 0.29) is 6.04 Å². The van der Waals surface area contributed by atoms with E-state index in [1.807, 2.05) is 12.1 Å². The molecule has 0 radical (unpaired) electrons. The van der Waals surface area contributed by atoms with Gasteiger partial charge in [0.15, 0.2) is 0 Å². The van der Waals surface area contributed by atoms with Gasteiger partial charge < -0.3 is 9.84 Å². The maximum atomic E-state index is 11.3. The second kappa shape index (κ2) is 6.86. The zero-order valence-corrected chi connectivity index (χ0v) is 12.2. The van der Waals surface area contributed by atoms with E-state index >= 15 is 0 Å². The molecule has 2 unspecified atom stereocenters. The van der Waals surface area contributed by atoms with Crippen LogP contribution >= 0.6 is 0 Å². The molecule has 110 valence electrons. The fourth-order valence-electron chi connectivity index (χ4n) is 2.79. The average Bonchev–Trinajstić information content (AvgIpc) is 2.90. The van der Waals surface area contributed by atoms with E-state index in [0.717, 1.165) is 19.5 Å². The number of nitrogens with zero attached hydrogens (tertiary/aromatic N) is 1. The molecule has 0 aromatic heterocycles. The number of rotatable bonds is 6. The van der Waals surface area contributed by atoms with Crippen molar-refractivity contribution in [2.24, 2.45) is 5.92 Å².